The molecule has 3 heterocycles. The van der Waals surface area contributed by atoms with Gasteiger partial charge in [-0.25, -0.2) is 0 Å². The van der Waals surface area contributed by atoms with Gasteiger partial charge in [-0.15, -0.1) is 0 Å². The first kappa shape index (κ1) is 13.3. The van der Waals surface area contributed by atoms with E-state index in [-0.39, 0.29) is 12.5 Å². The monoisotopic (exact) mass is 288 g/mol. The van der Waals surface area contributed by atoms with Crippen LogP contribution in [0.25, 0.3) is 11.0 Å². The van der Waals surface area contributed by atoms with Crippen molar-refractivity contribution in [2.24, 2.45) is 0 Å². The Hall–Kier alpha value is -2.64. The summed E-state index contributed by atoms with van der Waals surface area (Å²) in [6, 6.07) is 1.66. The van der Waals surface area contributed by atoms with Crippen molar-refractivity contribution >= 4 is 22.8 Å². The van der Waals surface area contributed by atoms with E-state index in [0.717, 1.165) is 23.3 Å². The molecule has 0 saturated carbocycles. The molecular weight excluding hydrogens is 272 g/mol. The van der Waals surface area contributed by atoms with Gasteiger partial charge in [-0.05, 0) is 20.8 Å². The molecule has 0 aliphatic rings. The Morgan fingerprint density at radius 2 is 2.19 bits per heavy atom. The molecule has 1 amide bonds. The summed E-state index contributed by atoms with van der Waals surface area (Å²) in [5.41, 5.74) is 2.66. The van der Waals surface area contributed by atoms with Gasteiger partial charge in [0.25, 0.3) is 0 Å². The van der Waals surface area contributed by atoms with Crippen molar-refractivity contribution in [1.29, 1.82) is 0 Å². The number of rotatable bonds is 4. The number of anilines is 1. The van der Waals surface area contributed by atoms with Crippen molar-refractivity contribution in [3.8, 4) is 0 Å². The lowest BCUT2D eigenvalue weighted by Gasteiger charge is -2.02. The number of aryl methyl sites for hydroxylation is 3. The third-order valence-electron chi connectivity index (χ3n) is 3.20. The minimum absolute atomic E-state index is 0.103. The fraction of sp³-hybridized carbons (Fsp3) is 0.385. The molecular formula is C13H16N6O2. The van der Waals surface area contributed by atoms with Crippen molar-refractivity contribution in [3.63, 3.8) is 0 Å². The number of carbonyl (C=O) groups excluding carboxylic acids is 1. The smallest absolute Gasteiger partial charge is 0.247 e. The van der Waals surface area contributed by atoms with Crippen LogP contribution in [0.4, 0.5) is 5.82 Å². The maximum absolute atomic E-state index is 12.0. The van der Waals surface area contributed by atoms with Crippen LogP contribution in [-0.4, -0.2) is 30.6 Å². The second kappa shape index (κ2) is 5.04. The Morgan fingerprint density at radius 1 is 1.38 bits per heavy atom. The number of nitrogens with one attached hydrogen (secondary N) is 1. The molecule has 0 radical (unpaired) electrons. The Kier molecular flexibility index (Phi) is 3.20. The van der Waals surface area contributed by atoms with E-state index < -0.39 is 0 Å². The summed E-state index contributed by atoms with van der Waals surface area (Å²) in [7, 11) is 0. The molecule has 3 aromatic heterocycles. The molecule has 0 fully saturated rings. The fourth-order valence-electron chi connectivity index (χ4n) is 2.32. The number of hydrogen-bond acceptors (Lipinski definition) is 5. The summed E-state index contributed by atoms with van der Waals surface area (Å²) in [6.07, 6.45) is 1.73. The average molecular weight is 288 g/mol. The zero-order valence-electron chi connectivity index (χ0n) is 12.1. The van der Waals surface area contributed by atoms with Crippen LogP contribution >= 0.6 is 0 Å². The van der Waals surface area contributed by atoms with Gasteiger partial charge in [0, 0.05) is 12.6 Å². The van der Waals surface area contributed by atoms with Gasteiger partial charge in [0.2, 0.25) is 5.91 Å². The molecule has 0 aromatic carbocycles. The van der Waals surface area contributed by atoms with E-state index in [2.05, 4.69) is 20.7 Å². The lowest BCUT2D eigenvalue weighted by atomic mass is 10.4. The number of amides is 1. The Balaban J connectivity index is 1.81. The van der Waals surface area contributed by atoms with Crippen LogP contribution in [-0.2, 0) is 17.9 Å². The summed E-state index contributed by atoms with van der Waals surface area (Å²) < 4.78 is 8.42. The zero-order valence-corrected chi connectivity index (χ0v) is 12.1. The van der Waals surface area contributed by atoms with Gasteiger partial charge < -0.3 is 9.84 Å². The fourth-order valence-corrected chi connectivity index (χ4v) is 2.32. The molecule has 0 aliphatic heterocycles. The van der Waals surface area contributed by atoms with Crippen LogP contribution in [0.2, 0.25) is 0 Å². The normalized spacial score (nSPS) is 11.2. The van der Waals surface area contributed by atoms with Crippen LogP contribution in [0.5, 0.6) is 0 Å². The van der Waals surface area contributed by atoms with E-state index in [1.165, 1.54) is 0 Å². The van der Waals surface area contributed by atoms with Gasteiger partial charge in [-0.1, -0.05) is 5.16 Å². The zero-order chi connectivity index (χ0) is 15.0. The summed E-state index contributed by atoms with van der Waals surface area (Å²) >= 11 is 0. The highest BCUT2D eigenvalue weighted by molar-refractivity contribution is 5.90. The first-order chi connectivity index (χ1) is 10.1. The molecule has 110 valence electrons. The number of fused-ring (bicyclic) bond motifs is 1. The van der Waals surface area contributed by atoms with Crippen LogP contribution in [0.1, 0.15) is 18.4 Å². The van der Waals surface area contributed by atoms with Crippen LogP contribution in [0.3, 0.4) is 0 Å². The molecule has 0 aliphatic carbocycles. The number of nitrogens with zero attached hydrogens (tertiary/aromatic N) is 5. The van der Waals surface area contributed by atoms with Crippen molar-refractivity contribution in [2.75, 3.05) is 5.32 Å². The molecule has 8 nitrogen and oxygen atoms in total. The van der Waals surface area contributed by atoms with E-state index in [9.17, 15) is 4.79 Å². The first-order valence-corrected chi connectivity index (χ1v) is 6.70. The lowest BCUT2D eigenvalue weighted by molar-refractivity contribution is -0.116. The third kappa shape index (κ3) is 2.39. The summed E-state index contributed by atoms with van der Waals surface area (Å²) in [4.78, 5) is 12.0. The predicted octanol–water partition coefficient (Wildman–Crippen LogP) is 1.50. The van der Waals surface area contributed by atoms with E-state index in [1.807, 2.05) is 18.5 Å². The topological polar surface area (TPSA) is 90.8 Å². The minimum Gasteiger partial charge on any atom is -0.360 e. The van der Waals surface area contributed by atoms with Gasteiger partial charge in [0.05, 0.1) is 11.9 Å². The standard InChI is InChI=1S/C13H16N6O2/c1-4-18-10-6-14-19(13(10)9(3)16-18)7-12(20)15-11-5-8(2)21-17-11/h5-6H,4,7H2,1-3H3,(H,15,17,20). The summed E-state index contributed by atoms with van der Waals surface area (Å²) in [6.45, 7) is 6.56. The Labute approximate surface area is 120 Å². The van der Waals surface area contributed by atoms with Crippen molar-refractivity contribution in [2.45, 2.75) is 33.9 Å². The van der Waals surface area contributed by atoms with Crippen molar-refractivity contribution < 1.29 is 9.32 Å². The minimum atomic E-state index is -0.211. The van der Waals surface area contributed by atoms with E-state index >= 15 is 0 Å². The molecule has 0 spiro atoms. The quantitative estimate of drug-likeness (QED) is 0.785. The molecule has 0 unspecified atom stereocenters. The Morgan fingerprint density at radius 3 is 2.86 bits per heavy atom. The molecule has 0 saturated heterocycles. The van der Waals surface area contributed by atoms with Crippen molar-refractivity contribution in [1.82, 2.24) is 24.7 Å². The largest absolute Gasteiger partial charge is 0.360 e. The van der Waals surface area contributed by atoms with Gasteiger partial charge in [-0.3, -0.25) is 14.2 Å². The summed E-state index contributed by atoms with van der Waals surface area (Å²) in [5.74, 6) is 0.839. The van der Waals surface area contributed by atoms with Crippen LogP contribution in [0.15, 0.2) is 16.8 Å². The van der Waals surface area contributed by atoms with E-state index in [4.69, 9.17) is 4.52 Å². The molecule has 8 heteroatoms. The second-order valence-electron chi connectivity index (χ2n) is 4.81. The lowest BCUT2D eigenvalue weighted by Crippen LogP contribution is -2.19. The molecule has 3 rings (SSSR count). The van der Waals surface area contributed by atoms with Gasteiger partial charge in [-0.2, -0.15) is 10.2 Å². The maximum atomic E-state index is 12.0. The Bertz CT molecular complexity index is 797. The predicted molar refractivity (Wildman–Crippen MR) is 75.8 cm³/mol. The van der Waals surface area contributed by atoms with Crippen molar-refractivity contribution in [3.05, 3.63) is 23.7 Å². The van der Waals surface area contributed by atoms with E-state index in [1.54, 1.807) is 23.9 Å². The maximum Gasteiger partial charge on any atom is 0.247 e. The highest BCUT2D eigenvalue weighted by atomic mass is 16.5. The summed E-state index contributed by atoms with van der Waals surface area (Å²) in [5, 5.41) is 15.1. The first-order valence-electron chi connectivity index (χ1n) is 6.70. The molecule has 0 atom stereocenters. The second-order valence-corrected chi connectivity index (χ2v) is 4.81. The number of hydrogen-bond donors (Lipinski definition) is 1. The SMILES string of the molecule is CCn1nc(C)c2c1cnn2CC(=O)Nc1cc(C)on1. The number of carbonyl (C=O) groups is 1. The van der Waals surface area contributed by atoms with Crippen LogP contribution < -0.4 is 5.32 Å². The van der Waals surface area contributed by atoms with Gasteiger partial charge in [0.1, 0.15) is 23.3 Å². The molecule has 0 bridgehead atoms. The highest BCUT2D eigenvalue weighted by Gasteiger charge is 2.15. The molecule has 3 aromatic rings. The van der Waals surface area contributed by atoms with Gasteiger partial charge in [0.15, 0.2) is 5.82 Å². The van der Waals surface area contributed by atoms with Crippen LogP contribution in [0, 0.1) is 13.8 Å². The third-order valence-corrected chi connectivity index (χ3v) is 3.20. The molecule has 21 heavy (non-hydrogen) atoms. The molecule has 1 N–H and O–H groups in total. The average Bonchev–Trinajstić information content (AvgIpc) is 3.09. The highest BCUT2D eigenvalue weighted by Crippen LogP contribution is 2.17. The number of aromatic nitrogens is 5. The van der Waals surface area contributed by atoms with Gasteiger partial charge >= 0.3 is 0 Å². The van der Waals surface area contributed by atoms with E-state index in [0.29, 0.717) is 11.6 Å².